The van der Waals surface area contributed by atoms with E-state index in [9.17, 15) is 9.90 Å². The Morgan fingerprint density at radius 2 is 1.92 bits per heavy atom. The van der Waals surface area contributed by atoms with Gasteiger partial charge in [-0.1, -0.05) is 13.8 Å². The standard InChI is InChI=1S/C17H24O7/c1-5-21-15(19)13-14(18)17(2,3)10-22-16(24-13)23-12-8-6-11(20-4)7-9-12/h6-9,13-14,16,18H,5,10H2,1-4H3/t13-,14-,16?/m1/s1. The van der Waals surface area contributed by atoms with Gasteiger partial charge in [0.15, 0.2) is 6.10 Å². The highest BCUT2D eigenvalue weighted by Gasteiger charge is 2.45. The van der Waals surface area contributed by atoms with E-state index >= 15 is 0 Å². The number of rotatable bonds is 5. The van der Waals surface area contributed by atoms with Gasteiger partial charge in [-0.3, -0.25) is 0 Å². The number of methoxy groups -OCH3 is 1. The molecule has 1 saturated heterocycles. The van der Waals surface area contributed by atoms with Crippen LogP contribution < -0.4 is 9.47 Å². The minimum atomic E-state index is -1.19. The zero-order chi connectivity index (χ0) is 17.7. The fraction of sp³-hybridized carbons (Fsp3) is 0.588. The second-order valence-corrected chi connectivity index (χ2v) is 6.14. The summed E-state index contributed by atoms with van der Waals surface area (Å²) in [5, 5.41) is 10.4. The first kappa shape index (κ1) is 18.5. The first-order valence-corrected chi connectivity index (χ1v) is 7.80. The Kier molecular flexibility index (Phi) is 6.04. The summed E-state index contributed by atoms with van der Waals surface area (Å²) in [4.78, 5) is 12.1. The molecule has 24 heavy (non-hydrogen) atoms. The van der Waals surface area contributed by atoms with Crippen molar-refractivity contribution in [1.82, 2.24) is 0 Å². The Hall–Kier alpha value is -1.83. The van der Waals surface area contributed by atoms with Crippen molar-refractivity contribution in [1.29, 1.82) is 0 Å². The van der Waals surface area contributed by atoms with Gasteiger partial charge >= 0.3 is 12.4 Å². The van der Waals surface area contributed by atoms with Gasteiger partial charge in [0.1, 0.15) is 11.5 Å². The van der Waals surface area contributed by atoms with Gasteiger partial charge in [-0.05, 0) is 31.2 Å². The van der Waals surface area contributed by atoms with E-state index in [2.05, 4.69) is 0 Å². The Morgan fingerprint density at radius 3 is 2.50 bits per heavy atom. The van der Waals surface area contributed by atoms with Crippen LogP contribution in [0.2, 0.25) is 0 Å². The van der Waals surface area contributed by atoms with Gasteiger partial charge in [0.2, 0.25) is 0 Å². The van der Waals surface area contributed by atoms with Crippen LogP contribution in [0.5, 0.6) is 11.5 Å². The predicted molar refractivity (Wildman–Crippen MR) is 84.7 cm³/mol. The first-order valence-electron chi connectivity index (χ1n) is 7.80. The molecule has 1 aromatic carbocycles. The van der Waals surface area contributed by atoms with Gasteiger partial charge in [-0.25, -0.2) is 4.79 Å². The molecule has 7 heteroatoms. The Balaban J connectivity index is 2.13. The van der Waals surface area contributed by atoms with E-state index in [1.54, 1.807) is 52.1 Å². The van der Waals surface area contributed by atoms with Gasteiger partial charge in [0, 0.05) is 5.41 Å². The molecule has 1 N–H and O–H groups in total. The summed E-state index contributed by atoms with van der Waals surface area (Å²) >= 11 is 0. The quantitative estimate of drug-likeness (QED) is 0.817. The van der Waals surface area contributed by atoms with Gasteiger partial charge in [0.25, 0.3) is 0 Å². The summed E-state index contributed by atoms with van der Waals surface area (Å²) in [5.41, 5.74) is -0.699. The Bertz CT molecular complexity index is 540. The van der Waals surface area contributed by atoms with Gasteiger partial charge in [-0.2, -0.15) is 0 Å². The molecule has 1 unspecified atom stereocenters. The van der Waals surface area contributed by atoms with Crippen molar-refractivity contribution in [2.45, 2.75) is 39.5 Å². The van der Waals surface area contributed by atoms with Crippen molar-refractivity contribution < 1.29 is 33.6 Å². The van der Waals surface area contributed by atoms with E-state index in [4.69, 9.17) is 23.7 Å². The van der Waals surface area contributed by atoms with Crippen molar-refractivity contribution >= 4 is 5.97 Å². The second-order valence-electron chi connectivity index (χ2n) is 6.14. The van der Waals surface area contributed by atoms with E-state index in [0.29, 0.717) is 11.5 Å². The Labute approximate surface area is 141 Å². The number of benzene rings is 1. The Morgan fingerprint density at radius 1 is 1.29 bits per heavy atom. The zero-order valence-electron chi connectivity index (χ0n) is 14.4. The summed E-state index contributed by atoms with van der Waals surface area (Å²) in [5.74, 6) is 0.524. The van der Waals surface area contributed by atoms with Crippen molar-refractivity contribution in [3.05, 3.63) is 24.3 Å². The van der Waals surface area contributed by atoms with E-state index in [-0.39, 0.29) is 13.2 Å². The number of carbonyl (C=O) groups excluding carboxylic acids is 1. The highest BCUT2D eigenvalue weighted by Crippen LogP contribution is 2.31. The summed E-state index contributed by atoms with van der Waals surface area (Å²) in [6.45, 7) is 4.46. The molecule has 0 saturated carbocycles. The molecule has 0 aliphatic carbocycles. The highest BCUT2D eigenvalue weighted by molar-refractivity contribution is 5.75. The highest BCUT2D eigenvalue weighted by atomic mass is 16.9. The SMILES string of the molecule is CCOC(=O)[C@@H]1OC(Oc2ccc(OC)cc2)OCC(C)(C)[C@@H]1O. The molecule has 134 valence electrons. The van der Waals surface area contributed by atoms with E-state index in [1.165, 1.54) is 0 Å². The fourth-order valence-electron chi connectivity index (χ4n) is 2.25. The summed E-state index contributed by atoms with van der Waals surface area (Å²) in [6.07, 6.45) is -2.27. The van der Waals surface area contributed by atoms with Gasteiger partial charge < -0.3 is 28.8 Å². The number of ether oxygens (including phenoxy) is 5. The lowest BCUT2D eigenvalue weighted by molar-refractivity contribution is -0.261. The van der Waals surface area contributed by atoms with Crippen molar-refractivity contribution in [2.75, 3.05) is 20.3 Å². The van der Waals surface area contributed by atoms with Crippen LogP contribution in [0.1, 0.15) is 20.8 Å². The molecule has 1 fully saturated rings. The maximum absolute atomic E-state index is 12.1. The van der Waals surface area contributed by atoms with Crippen molar-refractivity contribution in [2.24, 2.45) is 5.41 Å². The average molecular weight is 340 g/mol. The van der Waals surface area contributed by atoms with Gasteiger partial charge in [-0.15, -0.1) is 0 Å². The predicted octanol–water partition coefficient (Wildman–Crippen LogP) is 1.72. The number of hydrogen-bond acceptors (Lipinski definition) is 7. The number of esters is 1. The molecule has 0 spiro atoms. The van der Waals surface area contributed by atoms with Crippen LogP contribution in [0.4, 0.5) is 0 Å². The van der Waals surface area contributed by atoms with Crippen LogP contribution in [0, 0.1) is 5.41 Å². The van der Waals surface area contributed by atoms with Crippen molar-refractivity contribution in [3.8, 4) is 11.5 Å². The summed E-state index contributed by atoms with van der Waals surface area (Å²) < 4.78 is 26.8. The maximum atomic E-state index is 12.1. The molecule has 1 aliphatic rings. The van der Waals surface area contributed by atoms with Gasteiger partial charge in [0.05, 0.1) is 26.4 Å². The van der Waals surface area contributed by atoms with E-state index in [1.807, 2.05) is 0 Å². The third-order valence-corrected chi connectivity index (χ3v) is 3.75. The lowest BCUT2D eigenvalue weighted by Crippen LogP contribution is -2.46. The minimum absolute atomic E-state index is 0.158. The molecular weight excluding hydrogens is 316 g/mol. The summed E-state index contributed by atoms with van der Waals surface area (Å²) in [6, 6.07) is 6.84. The van der Waals surface area contributed by atoms with Crippen LogP contribution in [0.15, 0.2) is 24.3 Å². The largest absolute Gasteiger partial charge is 0.497 e. The summed E-state index contributed by atoms with van der Waals surface area (Å²) in [7, 11) is 1.57. The lowest BCUT2D eigenvalue weighted by Gasteiger charge is -2.30. The van der Waals surface area contributed by atoms with E-state index < -0.39 is 30.1 Å². The van der Waals surface area contributed by atoms with Crippen LogP contribution in [0.3, 0.4) is 0 Å². The zero-order valence-corrected chi connectivity index (χ0v) is 14.4. The lowest BCUT2D eigenvalue weighted by atomic mass is 9.84. The number of aliphatic hydroxyl groups is 1. The molecule has 0 aromatic heterocycles. The maximum Gasteiger partial charge on any atom is 0.338 e. The van der Waals surface area contributed by atoms with E-state index in [0.717, 1.165) is 0 Å². The molecule has 3 atom stereocenters. The van der Waals surface area contributed by atoms with Crippen LogP contribution in [-0.2, 0) is 19.0 Å². The molecule has 0 amide bonds. The topological polar surface area (TPSA) is 83.5 Å². The number of carbonyl (C=O) groups is 1. The third-order valence-electron chi connectivity index (χ3n) is 3.75. The molecule has 0 bridgehead atoms. The van der Waals surface area contributed by atoms with Crippen LogP contribution in [-0.4, -0.2) is 50.1 Å². The fourth-order valence-corrected chi connectivity index (χ4v) is 2.25. The number of aliphatic hydroxyl groups excluding tert-OH is 1. The normalized spacial score (nSPS) is 26.3. The first-order chi connectivity index (χ1) is 11.4. The molecule has 1 heterocycles. The number of hydrogen-bond donors (Lipinski definition) is 1. The van der Waals surface area contributed by atoms with Crippen molar-refractivity contribution in [3.63, 3.8) is 0 Å². The third kappa shape index (κ3) is 4.37. The molecule has 7 nitrogen and oxygen atoms in total. The monoisotopic (exact) mass is 340 g/mol. The van der Waals surface area contributed by atoms with Crippen LogP contribution >= 0.6 is 0 Å². The molecule has 1 aliphatic heterocycles. The van der Waals surface area contributed by atoms with Crippen LogP contribution in [0.25, 0.3) is 0 Å². The molecule has 2 rings (SSSR count). The molecule has 0 radical (unpaired) electrons. The molecular formula is C17H24O7. The second kappa shape index (κ2) is 7.83. The average Bonchev–Trinajstić information content (AvgIpc) is 2.67. The molecule has 1 aromatic rings. The smallest absolute Gasteiger partial charge is 0.338 e. The minimum Gasteiger partial charge on any atom is -0.497 e.